The quantitative estimate of drug-likeness (QED) is 0.703. The molecule has 0 aromatic carbocycles. The van der Waals surface area contributed by atoms with Crippen LogP contribution in [0.5, 0.6) is 0 Å². The zero-order valence-corrected chi connectivity index (χ0v) is 8.57. The van der Waals surface area contributed by atoms with E-state index in [1.165, 1.54) is 24.5 Å². The Kier molecular flexibility index (Phi) is 4.15. The predicted molar refractivity (Wildman–Crippen MR) is 53.3 cm³/mol. The van der Waals surface area contributed by atoms with Gasteiger partial charge in [0.15, 0.2) is 0 Å². The summed E-state index contributed by atoms with van der Waals surface area (Å²) in [5.41, 5.74) is 0.0594. The molecule has 2 N–H and O–H groups in total. The van der Waals surface area contributed by atoms with E-state index in [0.717, 1.165) is 0 Å². The van der Waals surface area contributed by atoms with Crippen LogP contribution in [0.15, 0.2) is 24.5 Å². The third-order valence-corrected chi connectivity index (χ3v) is 1.78. The first kappa shape index (κ1) is 12.6. The smallest absolute Gasteiger partial charge is 0.345 e. The molecule has 1 atom stereocenters. The molecule has 1 aromatic heterocycles. The highest BCUT2D eigenvalue weighted by atomic mass is 16.6. The van der Waals surface area contributed by atoms with Gasteiger partial charge in [0.25, 0.3) is 0 Å². The van der Waals surface area contributed by atoms with E-state index in [4.69, 9.17) is 10.2 Å². The number of pyridine rings is 1. The molecule has 1 aromatic rings. The maximum Gasteiger partial charge on any atom is 0.345 e. The Bertz CT molecular complexity index is 430. The maximum atomic E-state index is 11.4. The van der Waals surface area contributed by atoms with Crippen molar-refractivity contribution in [1.82, 2.24) is 4.98 Å². The van der Waals surface area contributed by atoms with Crippen LogP contribution >= 0.6 is 0 Å². The second kappa shape index (κ2) is 5.59. The number of carbonyl (C=O) groups is 3. The molecule has 1 unspecified atom stereocenters. The van der Waals surface area contributed by atoms with Gasteiger partial charge < -0.3 is 14.9 Å². The van der Waals surface area contributed by atoms with Crippen molar-refractivity contribution in [2.75, 3.05) is 0 Å². The normalized spacial score (nSPS) is 11.5. The molecule has 0 saturated heterocycles. The summed E-state index contributed by atoms with van der Waals surface area (Å²) in [4.78, 5) is 36.1. The van der Waals surface area contributed by atoms with Gasteiger partial charge in [0, 0.05) is 12.4 Å². The van der Waals surface area contributed by atoms with Crippen LogP contribution in [0.4, 0.5) is 0 Å². The molecule has 1 rings (SSSR count). The van der Waals surface area contributed by atoms with Crippen LogP contribution in [0.1, 0.15) is 16.8 Å². The number of hydrogen-bond donors (Lipinski definition) is 2. The van der Waals surface area contributed by atoms with Crippen LogP contribution in [0.3, 0.4) is 0 Å². The zero-order chi connectivity index (χ0) is 12.8. The number of carboxylic acid groups (broad SMARTS) is 2. The van der Waals surface area contributed by atoms with Crippen molar-refractivity contribution < 1.29 is 29.3 Å². The Morgan fingerprint density at radius 3 is 2.53 bits per heavy atom. The van der Waals surface area contributed by atoms with Gasteiger partial charge in [-0.25, -0.2) is 9.59 Å². The van der Waals surface area contributed by atoms with Crippen molar-refractivity contribution in [2.24, 2.45) is 0 Å². The number of carboxylic acids is 2. The number of nitrogens with zero attached hydrogens (tertiary/aromatic N) is 1. The number of aromatic nitrogens is 1. The second-order valence-corrected chi connectivity index (χ2v) is 3.07. The number of hydrogen-bond acceptors (Lipinski definition) is 5. The number of ether oxygens (including phenoxy) is 1. The summed E-state index contributed by atoms with van der Waals surface area (Å²) in [7, 11) is 0. The van der Waals surface area contributed by atoms with E-state index in [1.54, 1.807) is 0 Å². The van der Waals surface area contributed by atoms with Crippen molar-refractivity contribution in [2.45, 2.75) is 12.5 Å². The molecule has 7 heteroatoms. The highest BCUT2D eigenvalue weighted by Gasteiger charge is 2.25. The molecule has 0 radical (unpaired) electrons. The summed E-state index contributed by atoms with van der Waals surface area (Å²) in [5.74, 6) is -3.80. The highest BCUT2D eigenvalue weighted by molar-refractivity contribution is 5.91. The highest BCUT2D eigenvalue weighted by Crippen LogP contribution is 2.05. The molecule has 0 spiro atoms. The first-order valence-corrected chi connectivity index (χ1v) is 4.56. The topological polar surface area (TPSA) is 114 Å². The van der Waals surface area contributed by atoms with Crippen LogP contribution in [0, 0.1) is 0 Å². The van der Waals surface area contributed by atoms with E-state index < -0.39 is 30.4 Å². The predicted octanol–water partition coefficient (Wildman–Crippen LogP) is 0.166. The summed E-state index contributed by atoms with van der Waals surface area (Å²) >= 11 is 0. The molecule has 1 heterocycles. The van der Waals surface area contributed by atoms with Gasteiger partial charge in [-0.3, -0.25) is 9.78 Å². The van der Waals surface area contributed by atoms with Crippen LogP contribution in [0.2, 0.25) is 0 Å². The van der Waals surface area contributed by atoms with Gasteiger partial charge in [0.2, 0.25) is 6.10 Å². The fourth-order valence-electron chi connectivity index (χ4n) is 1.02. The van der Waals surface area contributed by atoms with Crippen molar-refractivity contribution in [3.8, 4) is 0 Å². The van der Waals surface area contributed by atoms with Gasteiger partial charge in [0.05, 0.1) is 12.0 Å². The lowest BCUT2D eigenvalue weighted by atomic mass is 10.2. The Morgan fingerprint density at radius 1 is 1.35 bits per heavy atom. The van der Waals surface area contributed by atoms with E-state index in [2.05, 4.69) is 9.72 Å². The fourth-order valence-corrected chi connectivity index (χ4v) is 1.02. The number of aliphatic carboxylic acids is 2. The van der Waals surface area contributed by atoms with Crippen molar-refractivity contribution in [3.05, 3.63) is 30.1 Å². The first-order chi connectivity index (χ1) is 8.00. The minimum atomic E-state index is -1.71. The summed E-state index contributed by atoms with van der Waals surface area (Å²) in [6.07, 6.45) is 0.131. The minimum absolute atomic E-state index is 0.0594. The molecule has 0 saturated carbocycles. The van der Waals surface area contributed by atoms with Gasteiger partial charge in [-0.2, -0.15) is 0 Å². The van der Waals surface area contributed by atoms with Gasteiger partial charge >= 0.3 is 17.9 Å². The summed E-state index contributed by atoms with van der Waals surface area (Å²) in [6.45, 7) is 0. The number of esters is 1. The molecule has 0 amide bonds. The van der Waals surface area contributed by atoms with Crippen LogP contribution < -0.4 is 0 Å². The van der Waals surface area contributed by atoms with E-state index in [0.29, 0.717) is 0 Å². The Morgan fingerprint density at radius 2 is 2.06 bits per heavy atom. The Balaban J connectivity index is 2.71. The average Bonchev–Trinajstić information content (AvgIpc) is 2.28. The second-order valence-electron chi connectivity index (χ2n) is 3.07. The van der Waals surface area contributed by atoms with Gasteiger partial charge in [-0.15, -0.1) is 0 Å². The lowest BCUT2D eigenvalue weighted by Gasteiger charge is -2.11. The first-order valence-electron chi connectivity index (χ1n) is 4.56. The van der Waals surface area contributed by atoms with Gasteiger partial charge in [-0.05, 0) is 12.1 Å². The molecule has 0 aliphatic rings. The van der Waals surface area contributed by atoms with Crippen molar-refractivity contribution >= 4 is 17.9 Å². The lowest BCUT2D eigenvalue weighted by Crippen LogP contribution is -2.29. The van der Waals surface area contributed by atoms with Crippen LogP contribution in [-0.2, 0) is 14.3 Å². The Labute approximate surface area is 95.7 Å². The van der Waals surface area contributed by atoms with Gasteiger partial charge in [-0.1, -0.05) is 0 Å². The molecule has 0 aliphatic carbocycles. The van der Waals surface area contributed by atoms with E-state index >= 15 is 0 Å². The molecule has 90 valence electrons. The molecule has 17 heavy (non-hydrogen) atoms. The zero-order valence-electron chi connectivity index (χ0n) is 8.57. The molecular formula is C10H9NO6. The van der Waals surface area contributed by atoms with Crippen LogP contribution in [0.25, 0.3) is 0 Å². The SMILES string of the molecule is O=C(O)CC(OC(=O)c1cccnc1)C(=O)O. The molecule has 0 bridgehead atoms. The Hall–Kier alpha value is -2.44. The summed E-state index contributed by atoms with van der Waals surface area (Å²) in [6, 6.07) is 2.86. The van der Waals surface area contributed by atoms with Crippen LogP contribution in [-0.4, -0.2) is 39.2 Å². The maximum absolute atomic E-state index is 11.4. The summed E-state index contributed by atoms with van der Waals surface area (Å²) < 4.78 is 4.55. The van der Waals surface area contributed by atoms with Gasteiger partial charge in [0.1, 0.15) is 0 Å². The third kappa shape index (κ3) is 3.90. The molecule has 0 aliphatic heterocycles. The fraction of sp³-hybridized carbons (Fsp3) is 0.200. The van der Waals surface area contributed by atoms with E-state index in [-0.39, 0.29) is 5.56 Å². The monoisotopic (exact) mass is 239 g/mol. The standard InChI is InChI=1S/C10H9NO6/c12-8(13)4-7(9(14)15)17-10(16)6-2-1-3-11-5-6/h1-3,5,7H,4H2,(H,12,13)(H,14,15). The number of carbonyl (C=O) groups excluding carboxylic acids is 1. The number of rotatable bonds is 5. The van der Waals surface area contributed by atoms with E-state index in [1.807, 2.05) is 0 Å². The molecule has 0 fully saturated rings. The van der Waals surface area contributed by atoms with E-state index in [9.17, 15) is 14.4 Å². The molecule has 7 nitrogen and oxygen atoms in total. The van der Waals surface area contributed by atoms with Crippen molar-refractivity contribution in [1.29, 1.82) is 0 Å². The third-order valence-electron chi connectivity index (χ3n) is 1.78. The largest absolute Gasteiger partial charge is 0.481 e. The van der Waals surface area contributed by atoms with Crippen molar-refractivity contribution in [3.63, 3.8) is 0 Å². The molecular weight excluding hydrogens is 230 g/mol. The minimum Gasteiger partial charge on any atom is -0.481 e. The lowest BCUT2D eigenvalue weighted by molar-refractivity contribution is -0.153. The summed E-state index contributed by atoms with van der Waals surface area (Å²) in [5, 5.41) is 17.1. The average molecular weight is 239 g/mol.